The van der Waals surface area contributed by atoms with Crippen LogP contribution in [-0.2, 0) is 6.54 Å². The summed E-state index contributed by atoms with van der Waals surface area (Å²) in [6, 6.07) is 11.9. The first kappa shape index (κ1) is 18.9. The molecule has 29 heavy (non-hydrogen) atoms. The Labute approximate surface area is 170 Å². The number of hydrogen-bond acceptors (Lipinski definition) is 3. The zero-order valence-electron chi connectivity index (χ0n) is 16.9. The molecule has 1 amide bonds. The van der Waals surface area contributed by atoms with E-state index in [4.69, 9.17) is 4.98 Å². The van der Waals surface area contributed by atoms with Crippen LogP contribution < -0.4 is 5.32 Å². The van der Waals surface area contributed by atoms with Crippen LogP contribution in [0, 0.1) is 5.92 Å². The molecule has 0 bridgehead atoms. The number of hydrogen-bond donors (Lipinski definition) is 1. The van der Waals surface area contributed by atoms with Crippen molar-refractivity contribution in [1.29, 1.82) is 0 Å². The van der Waals surface area contributed by atoms with Gasteiger partial charge in [0.25, 0.3) is 5.91 Å². The van der Waals surface area contributed by atoms with Gasteiger partial charge in [0.2, 0.25) is 0 Å². The lowest BCUT2D eigenvalue weighted by atomic mass is 10.1. The summed E-state index contributed by atoms with van der Waals surface area (Å²) in [7, 11) is 0. The van der Waals surface area contributed by atoms with Gasteiger partial charge in [-0.2, -0.15) is 0 Å². The maximum atomic E-state index is 12.9. The average molecular weight is 387 g/mol. The molecule has 6 heteroatoms. The molecule has 1 unspecified atom stereocenters. The number of carbonyl (C=O) groups excluding carboxylic acids is 1. The maximum Gasteiger partial charge on any atom is 0.272 e. The fourth-order valence-electron chi connectivity index (χ4n) is 3.22. The van der Waals surface area contributed by atoms with Crippen LogP contribution in [0.15, 0.2) is 67.4 Å². The van der Waals surface area contributed by atoms with E-state index in [1.54, 1.807) is 6.20 Å². The molecule has 4 aromatic rings. The Morgan fingerprint density at radius 3 is 2.72 bits per heavy atom. The first-order chi connectivity index (χ1) is 14.0. The van der Waals surface area contributed by atoms with Crippen LogP contribution in [0.2, 0.25) is 0 Å². The van der Waals surface area contributed by atoms with Gasteiger partial charge in [-0.05, 0) is 42.7 Å². The third-order valence-electron chi connectivity index (χ3n) is 5.22. The lowest BCUT2D eigenvalue weighted by Gasteiger charge is -2.16. The highest BCUT2D eigenvalue weighted by Crippen LogP contribution is 2.24. The van der Waals surface area contributed by atoms with Gasteiger partial charge >= 0.3 is 0 Å². The van der Waals surface area contributed by atoms with Crippen LogP contribution >= 0.6 is 0 Å². The van der Waals surface area contributed by atoms with Crippen molar-refractivity contribution in [2.45, 2.75) is 33.4 Å². The molecule has 0 aliphatic heterocycles. The van der Waals surface area contributed by atoms with Crippen molar-refractivity contribution in [3.05, 3.63) is 78.6 Å². The number of rotatable bonds is 6. The summed E-state index contributed by atoms with van der Waals surface area (Å²) < 4.78 is 4.07. The van der Waals surface area contributed by atoms with Crippen molar-refractivity contribution in [1.82, 2.24) is 24.3 Å². The third kappa shape index (κ3) is 3.92. The highest BCUT2D eigenvalue weighted by molar-refractivity contribution is 6.00. The topological polar surface area (TPSA) is 64.2 Å². The second-order valence-electron chi connectivity index (χ2n) is 7.68. The number of nitrogens with zero attached hydrogens (tertiary/aromatic N) is 4. The van der Waals surface area contributed by atoms with Crippen molar-refractivity contribution in [2.24, 2.45) is 5.92 Å². The van der Waals surface area contributed by atoms with Gasteiger partial charge in [0.15, 0.2) is 5.69 Å². The molecule has 0 saturated heterocycles. The van der Waals surface area contributed by atoms with Crippen LogP contribution in [0.4, 0.5) is 0 Å². The van der Waals surface area contributed by atoms with E-state index >= 15 is 0 Å². The van der Waals surface area contributed by atoms with Crippen LogP contribution in [0.25, 0.3) is 16.9 Å². The molecule has 4 heterocycles. The van der Waals surface area contributed by atoms with Gasteiger partial charge in [-0.3, -0.25) is 14.2 Å². The summed E-state index contributed by atoms with van der Waals surface area (Å²) in [4.78, 5) is 21.8. The first-order valence-corrected chi connectivity index (χ1v) is 9.86. The first-order valence-electron chi connectivity index (χ1n) is 9.86. The van der Waals surface area contributed by atoms with Crippen LogP contribution in [0.1, 0.15) is 36.8 Å². The molecule has 4 rings (SSSR count). The van der Waals surface area contributed by atoms with Crippen molar-refractivity contribution in [2.75, 3.05) is 0 Å². The van der Waals surface area contributed by atoms with E-state index in [0.29, 0.717) is 11.6 Å². The molecule has 0 aromatic carbocycles. The molecular formula is C23H25N5O. The number of amides is 1. The smallest absolute Gasteiger partial charge is 0.272 e. The molecule has 6 nitrogen and oxygen atoms in total. The Balaban J connectivity index is 1.67. The molecule has 0 fully saturated rings. The number of aromatic nitrogens is 4. The quantitative estimate of drug-likeness (QED) is 0.543. The molecule has 1 N–H and O–H groups in total. The van der Waals surface area contributed by atoms with E-state index in [-0.39, 0.29) is 11.9 Å². The minimum absolute atomic E-state index is 0.0759. The van der Waals surface area contributed by atoms with Gasteiger partial charge < -0.3 is 9.88 Å². The van der Waals surface area contributed by atoms with Gasteiger partial charge in [0.05, 0.1) is 5.52 Å². The highest BCUT2D eigenvalue weighted by atomic mass is 16.2. The van der Waals surface area contributed by atoms with Gasteiger partial charge in [0.1, 0.15) is 5.82 Å². The maximum absolute atomic E-state index is 12.9. The molecule has 0 radical (unpaired) electrons. The molecule has 0 aliphatic rings. The standard InChI is InChI=1S/C23H25N5O/c1-16(2)17(3)25-23(29)21-20-8-4-5-11-28(20)22(26-21)19-9-12-27(15-19)14-18-7-6-10-24-13-18/h4-13,15-17H,14H2,1-3H3,(H,25,29). The van der Waals surface area contributed by atoms with Crippen LogP contribution in [-0.4, -0.2) is 30.9 Å². The average Bonchev–Trinajstić information content (AvgIpc) is 3.33. The van der Waals surface area contributed by atoms with Crippen molar-refractivity contribution in [3.63, 3.8) is 0 Å². The van der Waals surface area contributed by atoms with Crippen LogP contribution in [0.5, 0.6) is 0 Å². The van der Waals surface area contributed by atoms with Gasteiger partial charge in [-0.25, -0.2) is 4.98 Å². The second-order valence-corrected chi connectivity index (χ2v) is 7.68. The Morgan fingerprint density at radius 2 is 1.97 bits per heavy atom. The Hall–Kier alpha value is -3.41. The normalized spacial score (nSPS) is 12.4. The zero-order chi connectivity index (χ0) is 20.4. The molecule has 0 saturated carbocycles. The van der Waals surface area contributed by atoms with Gasteiger partial charge in [0, 0.05) is 49.1 Å². The highest BCUT2D eigenvalue weighted by Gasteiger charge is 2.20. The van der Waals surface area contributed by atoms with Gasteiger partial charge in [-0.15, -0.1) is 0 Å². The summed E-state index contributed by atoms with van der Waals surface area (Å²) in [5.41, 5.74) is 3.35. The Bertz CT molecular complexity index is 1130. The fraction of sp³-hybridized carbons (Fsp3) is 0.261. The summed E-state index contributed by atoms with van der Waals surface area (Å²) in [6.07, 6.45) is 9.65. The van der Waals surface area contributed by atoms with E-state index in [1.165, 1.54) is 0 Å². The van der Waals surface area contributed by atoms with Crippen molar-refractivity contribution >= 4 is 11.4 Å². The fourth-order valence-corrected chi connectivity index (χ4v) is 3.22. The van der Waals surface area contributed by atoms with Crippen LogP contribution in [0.3, 0.4) is 0 Å². The van der Waals surface area contributed by atoms with E-state index in [1.807, 2.05) is 66.4 Å². The largest absolute Gasteiger partial charge is 0.349 e. The molecule has 4 aromatic heterocycles. The van der Waals surface area contributed by atoms with E-state index in [9.17, 15) is 4.79 Å². The number of nitrogens with one attached hydrogen (secondary N) is 1. The SMILES string of the molecule is CC(C)C(C)NC(=O)c1nc(-c2ccn(Cc3cccnc3)c2)n2ccccc12. The lowest BCUT2D eigenvalue weighted by Crippen LogP contribution is -2.36. The molecular weight excluding hydrogens is 362 g/mol. The number of fused-ring (bicyclic) bond motifs is 1. The zero-order valence-corrected chi connectivity index (χ0v) is 16.9. The summed E-state index contributed by atoms with van der Waals surface area (Å²) in [5, 5.41) is 3.06. The molecule has 148 valence electrons. The molecule has 1 atom stereocenters. The summed E-state index contributed by atoms with van der Waals surface area (Å²) in [6.45, 7) is 6.93. The number of pyridine rings is 2. The minimum Gasteiger partial charge on any atom is -0.349 e. The number of imidazole rings is 1. The predicted molar refractivity (Wildman–Crippen MR) is 114 cm³/mol. The Morgan fingerprint density at radius 1 is 1.10 bits per heavy atom. The monoisotopic (exact) mass is 387 g/mol. The second kappa shape index (κ2) is 7.91. The molecule has 0 spiro atoms. The minimum atomic E-state index is -0.143. The summed E-state index contributed by atoms with van der Waals surface area (Å²) >= 11 is 0. The third-order valence-corrected chi connectivity index (χ3v) is 5.22. The summed E-state index contributed by atoms with van der Waals surface area (Å²) in [5.74, 6) is 0.970. The van der Waals surface area contributed by atoms with E-state index < -0.39 is 0 Å². The Kier molecular flexibility index (Phi) is 5.16. The van der Waals surface area contributed by atoms with E-state index in [0.717, 1.165) is 29.0 Å². The number of carbonyl (C=O) groups is 1. The van der Waals surface area contributed by atoms with E-state index in [2.05, 4.69) is 34.8 Å². The predicted octanol–water partition coefficient (Wildman–Crippen LogP) is 4.02. The van der Waals surface area contributed by atoms with Crippen molar-refractivity contribution < 1.29 is 4.79 Å². The molecule has 0 aliphatic carbocycles. The lowest BCUT2D eigenvalue weighted by molar-refractivity contribution is 0.0927. The van der Waals surface area contributed by atoms with Crippen molar-refractivity contribution in [3.8, 4) is 11.4 Å². The van der Waals surface area contributed by atoms with Gasteiger partial charge in [-0.1, -0.05) is 26.0 Å².